The SMILES string of the molecule is Cc1ccc(N2CCN(C(=O)c3cccs3)CC2)c(C)c1. The standard InChI is InChI=1S/C17H20N2OS/c1-13-5-6-15(14(2)12-13)18-7-9-19(10-8-18)17(20)16-4-3-11-21-16/h3-6,11-12H,7-10H2,1-2H3. The van der Waals surface area contributed by atoms with Gasteiger partial charge in [0.2, 0.25) is 0 Å². The predicted molar refractivity (Wildman–Crippen MR) is 88.4 cm³/mol. The van der Waals surface area contributed by atoms with Crippen molar-refractivity contribution in [3.63, 3.8) is 0 Å². The molecular formula is C17H20N2OS. The zero-order valence-corrected chi connectivity index (χ0v) is 13.3. The molecule has 0 spiro atoms. The Balaban J connectivity index is 1.66. The molecule has 1 fully saturated rings. The number of benzene rings is 1. The van der Waals surface area contributed by atoms with Crippen LogP contribution in [0.4, 0.5) is 5.69 Å². The second kappa shape index (κ2) is 5.90. The van der Waals surface area contributed by atoms with Gasteiger partial charge in [0.1, 0.15) is 0 Å². The Kier molecular flexibility index (Phi) is 3.97. The third-order valence-electron chi connectivity index (χ3n) is 3.99. The van der Waals surface area contributed by atoms with E-state index in [4.69, 9.17) is 0 Å². The maximum atomic E-state index is 12.3. The van der Waals surface area contributed by atoms with Crippen molar-refractivity contribution in [3.8, 4) is 0 Å². The molecule has 2 heterocycles. The van der Waals surface area contributed by atoms with E-state index < -0.39 is 0 Å². The Hall–Kier alpha value is -1.81. The summed E-state index contributed by atoms with van der Waals surface area (Å²) in [5, 5.41) is 1.96. The number of piperazine rings is 1. The number of thiophene rings is 1. The Bertz CT molecular complexity index is 628. The highest BCUT2D eigenvalue weighted by Crippen LogP contribution is 2.23. The van der Waals surface area contributed by atoms with Gasteiger partial charge in [-0.25, -0.2) is 0 Å². The maximum absolute atomic E-state index is 12.3. The highest BCUT2D eigenvalue weighted by molar-refractivity contribution is 7.12. The summed E-state index contributed by atoms with van der Waals surface area (Å²) in [6.07, 6.45) is 0. The normalized spacial score (nSPS) is 15.3. The summed E-state index contributed by atoms with van der Waals surface area (Å²) in [6, 6.07) is 10.4. The molecule has 0 radical (unpaired) electrons. The average molecular weight is 300 g/mol. The number of carbonyl (C=O) groups is 1. The minimum Gasteiger partial charge on any atom is -0.368 e. The van der Waals surface area contributed by atoms with Gasteiger partial charge in [-0.2, -0.15) is 0 Å². The van der Waals surface area contributed by atoms with Crippen LogP contribution in [0.1, 0.15) is 20.8 Å². The van der Waals surface area contributed by atoms with Gasteiger partial charge in [0.25, 0.3) is 5.91 Å². The topological polar surface area (TPSA) is 23.6 Å². The fourth-order valence-corrected chi connectivity index (χ4v) is 3.56. The molecule has 3 rings (SSSR count). The molecule has 1 amide bonds. The molecule has 0 saturated carbocycles. The molecule has 2 aromatic rings. The molecule has 0 aliphatic carbocycles. The van der Waals surface area contributed by atoms with Gasteiger partial charge in [-0.3, -0.25) is 4.79 Å². The van der Waals surface area contributed by atoms with E-state index in [0.717, 1.165) is 31.1 Å². The third kappa shape index (κ3) is 2.95. The number of anilines is 1. The maximum Gasteiger partial charge on any atom is 0.264 e. The summed E-state index contributed by atoms with van der Waals surface area (Å²) in [5.41, 5.74) is 3.90. The minimum absolute atomic E-state index is 0.172. The number of carbonyl (C=O) groups excluding carboxylic acids is 1. The zero-order chi connectivity index (χ0) is 14.8. The summed E-state index contributed by atoms with van der Waals surface area (Å²) < 4.78 is 0. The number of hydrogen-bond acceptors (Lipinski definition) is 3. The van der Waals surface area contributed by atoms with Crippen molar-refractivity contribution in [3.05, 3.63) is 51.7 Å². The van der Waals surface area contributed by atoms with Gasteiger partial charge < -0.3 is 9.80 Å². The third-order valence-corrected chi connectivity index (χ3v) is 4.85. The van der Waals surface area contributed by atoms with E-state index in [9.17, 15) is 4.79 Å². The first-order chi connectivity index (χ1) is 10.1. The number of amides is 1. The van der Waals surface area contributed by atoms with E-state index in [1.165, 1.54) is 28.2 Å². The largest absolute Gasteiger partial charge is 0.368 e. The smallest absolute Gasteiger partial charge is 0.264 e. The van der Waals surface area contributed by atoms with Crippen LogP contribution in [0.15, 0.2) is 35.7 Å². The van der Waals surface area contributed by atoms with Crippen LogP contribution in [0, 0.1) is 13.8 Å². The first kappa shape index (κ1) is 14.1. The highest BCUT2D eigenvalue weighted by atomic mass is 32.1. The highest BCUT2D eigenvalue weighted by Gasteiger charge is 2.23. The lowest BCUT2D eigenvalue weighted by molar-refractivity contribution is 0.0751. The average Bonchev–Trinajstić information content (AvgIpc) is 3.01. The van der Waals surface area contributed by atoms with Crippen molar-refractivity contribution in [2.45, 2.75) is 13.8 Å². The second-order valence-electron chi connectivity index (χ2n) is 5.55. The fraction of sp³-hybridized carbons (Fsp3) is 0.353. The lowest BCUT2D eigenvalue weighted by Gasteiger charge is -2.36. The fourth-order valence-electron chi connectivity index (χ4n) is 2.87. The lowest BCUT2D eigenvalue weighted by Crippen LogP contribution is -2.48. The van der Waals surface area contributed by atoms with Crippen LogP contribution in [0.3, 0.4) is 0 Å². The Morgan fingerprint density at radius 3 is 2.48 bits per heavy atom. The van der Waals surface area contributed by atoms with Crippen LogP contribution < -0.4 is 4.90 Å². The van der Waals surface area contributed by atoms with Crippen molar-refractivity contribution in [2.75, 3.05) is 31.1 Å². The minimum atomic E-state index is 0.172. The van der Waals surface area contributed by atoms with Gasteiger partial charge in [0.05, 0.1) is 4.88 Å². The van der Waals surface area contributed by atoms with Crippen LogP contribution in [0.2, 0.25) is 0 Å². The molecule has 1 aliphatic heterocycles. The van der Waals surface area contributed by atoms with Crippen molar-refractivity contribution >= 4 is 22.9 Å². The van der Waals surface area contributed by atoms with Crippen LogP contribution in [-0.4, -0.2) is 37.0 Å². The molecule has 0 unspecified atom stereocenters. The van der Waals surface area contributed by atoms with Crippen molar-refractivity contribution in [1.82, 2.24) is 4.90 Å². The van der Waals surface area contributed by atoms with Crippen LogP contribution in [0.25, 0.3) is 0 Å². The van der Waals surface area contributed by atoms with E-state index in [1.54, 1.807) is 0 Å². The van der Waals surface area contributed by atoms with Crippen LogP contribution in [0.5, 0.6) is 0 Å². The zero-order valence-electron chi connectivity index (χ0n) is 12.5. The summed E-state index contributed by atoms with van der Waals surface area (Å²) in [7, 11) is 0. The molecule has 110 valence electrons. The van der Waals surface area contributed by atoms with Crippen molar-refractivity contribution < 1.29 is 4.79 Å². The number of hydrogen-bond donors (Lipinski definition) is 0. The Morgan fingerprint density at radius 1 is 1.10 bits per heavy atom. The summed E-state index contributed by atoms with van der Waals surface area (Å²) in [4.78, 5) is 17.5. The number of nitrogens with zero attached hydrogens (tertiary/aromatic N) is 2. The van der Waals surface area contributed by atoms with Gasteiger partial charge in [0.15, 0.2) is 0 Å². The predicted octanol–water partition coefficient (Wildman–Crippen LogP) is 3.33. The number of rotatable bonds is 2. The first-order valence-electron chi connectivity index (χ1n) is 7.30. The Morgan fingerprint density at radius 2 is 1.86 bits per heavy atom. The van der Waals surface area contributed by atoms with E-state index in [-0.39, 0.29) is 5.91 Å². The summed E-state index contributed by atoms with van der Waals surface area (Å²) in [6.45, 7) is 7.68. The van der Waals surface area contributed by atoms with E-state index in [2.05, 4.69) is 36.9 Å². The van der Waals surface area contributed by atoms with Gasteiger partial charge in [0, 0.05) is 31.9 Å². The second-order valence-corrected chi connectivity index (χ2v) is 6.49. The van der Waals surface area contributed by atoms with Gasteiger partial charge in [-0.15, -0.1) is 11.3 Å². The first-order valence-corrected chi connectivity index (χ1v) is 8.18. The number of aryl methyl sites for hydroxylation is 2. The molecule has 1 aliphatic rings. The molecule has 4 heteroatoms. The van der Waals surface area contributed by atoms with Gasteiger partial charge in [-0.1, -0.05) is 23.8 Å². The molecule has 1 saturated heterocycles. The van der Waals surface area contributed by atoms with Crippen molar-refractivity contribution in [1.29, 1.82) is 0 Å². The van der Waals surface area contributed by atoms with Crippen molar-refractivity contribution in [2.24, 2.45) is 0 Å². The lowest BCUT2D eigenvalue weighted by atomic mass is 10.1. The van der Waals surface area contributed by atoms with Crippen LogP contribution >= 0.6 is 11.3 Å². The quantitative estimate of drug-likeness (QED) is 0.849. The van der Waals surface area contributed by atoms with E-state index >= 15 is 0 Å². The van der Waals surface area contributed by atoms with Gasteiger partial charge >= 0.3 is 0 Å². The van der Waals surface area contributed by atoms with Gasteiger partial charge in [-0.05, 0) is 36.9 Å². The van der Waals surface area contributed by atoms with E-state index in [0.29, 0.717) is 0 Å². The molecule has 3 nitrogen and oxygen atoms in total. The molecule has 0 N–H and O–H groups in total. The molecule has 1 aromatic carbocycles. The monoisotopic (exact) mass is 300 g/mol. The van der Waals surface area contributed by atoms with E-state index in [1.807, 2.05) is 22.4 Å². The summed E-state index contributed by atoms with van der Waals surface area (Å²) in [5.74, 6) is 0.172. The Labute approximate surface area is 129 Å². The molecule has 0 atom stereocenters. The molecule has 1 aromatic heterocycles. The molecule has 0 bridgehead atoms. The van der Waals surface area contributed by atoms with Crippen LogP contribution in [-0.2, 0) is 0 Å². The molecular weight excluding hydrogens is 280 g/mol. The molecule has 21 heavy (non-hydrogen) atoms. The summed E-state index contributed by atoms with van der Waals surface area (Å²) >= 11 is 1.52.